The summed E-state index contributed by atoms with van der Waals surface area (Å²) in [5, 5.41) is 2.85. The van der Waals surface area contributed by atoms with Crippen molar-refractivity contribution < 1.29 is 9.18 Å². The molecule has 3 nitrogen and oxygen atoms in total. The van der Waals surface area contributed by atoms with E-state index in [1.807, 2.05) is 30.3 Å². The van der Waals surface area contributed by atoms with Gasteiger partial charge in [-0.3, -0.25) is 9.78 Å². The molecular formula is C20H17FN2O. The summed E-state index contributed by atoms with van der Waals surface area (Å²) in [6, 6.07) is 17.8. The van der Waals surface area contributed by atoms with Crippen molar-refractivity contribution >= 4 is 5.91 Å². The van der Waals surface area contributed by atoms with Gasteiger partial charge in [0.15, 0.2) is 0 Å². The second-order valence-electron chi connectivity index (χ2n) is 5.55. The Morgan fingerprint density at radius 1 is 1.04 bits per heavy atom. The molecule has 2 aromatic carbocycles. The highest BCUT2D eigenvalue weighted by Gasteiger charge is 2.08. The van der Waals surface area contributed by atoms with Crippen LogP contribution in [0.3, 0.4) is 0 Å². The highest BCUT2D eigenvalue weighted by atomic mass is 19.1. The average Bonchev–Trinajstić information content (AvgIpc) is 2.63. The number of benzene rings is 2. The highest BCUT2D eigenvalue weighted by molar-refractivity contribution is 5.95. The summed E-state index contributed by atoms with van der Waals surface area (Å²) in [6.45, 7) is 2.10. The van der Waals surface area contributed by atoms with Crippen molar-refractivity contribution in [1.29, 1.82) is 0 Å². The number of carbonyl (C=O) groups is 1. The van der Waals surface area contributed by atoms with Crippen molar-refractivity contribution in [3.63, 3.8) is 0 Å². The van der Waals surface area contributed by atoms with Gasteiger partial charge in [0.05, 0.1) is 12.2 Å². The standard InChI is InChI=1S/C20H17FN2O/c1-14-11-16(8-9-19(14)21)15-5-4-6-17(12-15)20(24)23-13-18-7-2-3-10-22-18/h2-12H,13H2,1H3,(H,23,24). The van der Waals surface area contributed by atoms with Crippen LogP contribution in [0.25, 0.3) is 11.1 Å². The fourth-order valence-electron chi connectivity index (χ4n) is 2.44. The van der Waals surface area contributed by atoms with Crippen LogP contribution in [0.1, 0.15) is 21.6 Å². The van der Waals surface area contributed by atoms with Crippen LogP contribution in [-0.2, 0) is 6.54 Å². The largest absolute Gasteiger partial charge is 0.346 e. The van der Waals surface area contributed by atoms with Crippen LogP contribution in [0.2, 0.25) is 0 Å². The molecule has 0 atom stereocenters. The minimum atomic E-state index is -0.233. The lowest BCUT2D eigenvalue weighted by atomic mass is 10.0. The van der Waals surface area contributed by atoms with E-state index in [1.54, 1.807) is 37.4 Å². The van der Waals surface area contributed by atoms with Crippen molar-refractivity contribution in [2.45, 2.75) is 13.5 Å². The zero-order valence-electron chi connectivity index (χ0n) is 13.3. The SMILES string of the molecule is Cc1cc(-c2cccc(C(=O)NCc3ccccn3)c2)ccc1F. The fraction of sp³-hybridized carbons (Fsp3) is 0.100. The number of aromatic nitrogens is 1. The third-order valence-corrected chi connectivity index (χ3v) is 3.77. The van der Waals surface area contributed by atoms with E-state index in [1.165, 1.54) is 6.07 Å². The Balaban J connectivity index is 1.77. The van der Waals surface area contributed by atoms with Gasteiger partial charge in [0.2, 0.25) is 0 Å². The maximum Gasteiger partial charge on any atom is 0.251 e. The molecular weight excluding hydrogens is 303 g/mol. The van der Waals surface area contributed by atoms with E-state index in [0.717, 1.165) is 16.8 Å². The average molecular weight is 320 g/mol. The quantitative estimate of drug-likeness (QED) is 0.785. The Kier molecular flexibility index (Phi) is 4.66. The Morgan fingerprint density at radius 2 is 1.88 bits per heavy atom. The lowest BCUT2D eigenvalue weighted by Gasteiger charge is -2.08. The minimum absolute atomic E-state index is 0.165. The predicted octanol–water partition coefficient (Wildman–Crippen LogP) is 4.13. The molecule has 24 heavy (non-hydrogen) atoms. The third kappa shape index (κ3) is 3.66. The molecule has 0 unspecified atom stereocenters. The minimum Gasteiger partial charge on any atom is -0.346 e. The number of nitrogens with zero attached hydrogens (tertiary/aromatic N) is 1. The van der Waals surface area contributed by atoms with E-state index < -0.39 is 0 Å². The van der Waals surface area contributed by atoms with E-state index in [-0.39, 0.29) is 11.7 Å². The number of hydrogen-bond donors (Lipinski definition) is 1. The number of halogens is 1. The van der Waals surface area contributed by atoms with Crippen LogP contribution in [0.5, 0.6) is 0 Å². The molecule has 0 fully saturated rings. The molecule has 4 heteroatoms. The summed E-state index contributed by atoms with van der Waals surface area (Å²) >= 11 is 0. The zero-order valence-corrected chi connectivity index (χ0v) is 13.3. The topological polar surface area (TPSA) is 42.0 Å². The summed E-state index contributed by atoms with van der Waals surface area (Å²) in [7, 11) is 0. The molecule has 1 aromatic heterocycles. The Bertz CT molecular complexity index is 863. The number of hydrogen-bond acceptors (Lipinski definition) is 2. The van der Waals surface area contributed by atoms with Gasteiger partial charge in [-0.1, -0.05) is 24.3 Å². The third-order valence-electron chi connectivity index (χ3n) is 3.77. The highest BCUT2D eigenvalue weighted by Crippen LogP contribution is 2.22. The van der Waals surface area contributed by atoms with Crippen molar-refractivity contribution in [1.82, 2.24) is 10.3 Å². The molecule has 3 aromatic rings. The molecule has 1 heterocycles. The molecule has 0 saturated heterocycles. The van der Waals surface area contributed by atoms with Gasteiger partial charge in [-0.05, 0) is 60.0 Å². The first-order chi connectivity index (χ1) is 11.6. The first kappa shape index (κ1) is 15.9. The van der Waals surface area contributed by atoms with Crippen LogP contribution in [0.4, 0.5) is 4.39 Å². The van der Waals surface area contributed by atoms with Gasteiger partial charge in [0, 0.05) is 11.8 Å². The van der Waals surface area contributed by atoms with Gasteiger partial charge < -0.3 is 5.32 Å². The smallest absolute Gasteiger partial charge is 0.251 e. The van der Waals surface area contributed by atoms with Crippen molar-refractivity contribution in [3.05, 3.63) is 89.5 Å². The molecule has 3 rings (SSSR count). The molecule has 0 aliphatic heterocycles. The van der Waals surface area contributed by atoms with Gasteiger partial charge >= 0.3 is 0 Å². The lowest BCUT2D eigenvalue weighted by molar-refractivity contribution is 0.0950. The zero-order chi connectivity index (χ0) is 16.9. The Hall–Kier alpha value is -3.01. The van der Waals surface area contributed by atoms with E-state index in [0.29, 0.717) is 17.7 Å². The summed E-state index contributed by atoms with van der Waals surface area (Å²) in [6.07, 6.45) is 1.69. The second kappa shape index (κ2) is 7.04. The summed E-state index contributed by atoms with van der Waals surface area (Å²) in [5.74, 6) is -0.399. The fourth-order valence-corrected chi connectivity index (χ4v) is 2.44. The normalized spacial score (nSPS) is 10.4. The first-order valence-electron chi connectivity index (χ1n) is 7.68. The number of nitrogens with one attached hydrogen (secondary N) is 1. The Morgan fingerprint density at radius 3 is 2.62 bits per heavy atom. The van der Waals surface area contributed by atoms with Crippen LogP contribution in [0, 0.1) is 12.7 Å². The van der Waals surface area contributed by atoms with Crippen molar-refractivity contribution in [2.24, 2.45) is 0 Å². The van der Waals surface area contributed by atoms with Crippen molar-refractivity contribution in [3.8, 4) is 11.1 Å². The van der Waals surface area contributed by atoms with Crippen molar-refractivity contribution in [2.75, 3.05) is 0 Å². The van der Waals surface area contributed by atoms with E-state index in [2.05, 4.69) is 10.3 Å². The molecule has 0 spiro atoms. The first-order valence-corrected chi connectivity index (χ1v) is 7.68. The lowest BCUT2D eigenvalue weighted by Crippen LogP contribution is -2.23. The van der Waals surface area contributed by atoms with E-state index in [4.69, 9.17) is 0 Å². The number of aryl methyl sites for hydroxylation is 1. The summed E-state index contributed by atoms with van der Waals surface area (Å²) in [5.41, 5.74) is 3.70. The number of amides is 1. The number of carbonyl (C=O) groups excluding carboxylic acids is 1. The second-order valence-corrected chi connectivity index (χ2v) is 5.55. The van der Waals surface area contributed by atoms with Gasteiger partial charge in [-0.25, -0.2) is 4.39 Å². The molecule has 0 radical (unpaired) electrons. The molecule has 0 aliphatic carbocycles. The summed E-state index contributed by atoms with van der Waals surface area (Å²) in [4.78, 5) is 16.5. The molecule has 0 saturated carbocycles. The molecule has 0 aliphatic rings. The van der Waals surface area contributed by atoms with Crippen LogP contribution in [-0.4, -0.2) is 10.9 Å². The molecule has 120 valence electrons. The van der Waals surface area contributed by atoms with Crippen LogP contribution < -0.4 is 5.32 Å². The molecule has 1 N–H and O–H groups in total. The monoisotopic (exact) mass is 320 g/mol. The predicted molar refractivity (Wildman–Crippen MR) is 92.0 cm³/mol. The molecule has 1 amide bonds. The van der Waals surface area contributed by atoms with Gasteiger partial charge in [0.1, 0.15) is 5.82 Å². The molecule has 0 bridgehead atoms. The maximum absolute atomic E-state index is 13.4. The van der Waals surface area contributed by atoms with E-state index >= 15 is 0 Å². The van der Waals surface area contributed by atoms with Crippen LogP contribution >= 0.6 is 0 Å². The maximum atomic E-state index is 13.4. The number of rotatable bonds is 4. The Labute approximate surface area is 140 Å². The summed E-state index contributed by atoms with van der Waals surface area (Å²) < 4.78 is 13.4. The van der Waals surface area contributed by atoms with Gasteiger partial charge in [-0.15, -0.1) is 0 Å². The van der Waals surface area contributed by atoms with Gasteiger partial charge in [0.25, 0.3) is 5.91 Å². The van der Waals surface area contributed by atoms with E-state index in [9.17, 15) is 9.18 Å². The van der Waals surface area contributed by atoms with Gasteiger partial charge in [-0.2, -0.15) is 0 Å². The number of pyridine rings is 1. The van der Waals surface area contributed by atoms with Crippen LogP contribution in [0.15, 0.2) is 66.9 Å².